The zero-order valence-corrected chi connectivity index (χ0v) is 14.8. The molecule has 2 aromatic rings. The van der Waals surface area contributed by atoms with Crippen LogP contribution in [0.1, 0.15) is 5.56 Å². The number of nitrogens with one attached hydrogen (secondary N) is 2. The van der Waals surface area contributed by atoms with Crippen molar-refractivity contribution in [1.29, 1.82) is 0 Å². The monoisotopic (exact) mass is 402 g/mol. The first kappa shape index (κ1) is 17.5. The van der Waals surface area contributed by atoms with Crippen molar-refractivity contribution in [3.05, 3.63) is 42.5 Å². The van der Waals surface area contributed by atoms with Gasteiger partial charge in [-0.05, 0) is 24.6 Å². The average molecular weight is 402 g/mol. The van der Waals surface area contributed by atoms with E-state index in [-0.39, 0.29) is 24.0 Å². The number of aryl methyl sites for hydroxylation is 1. The van der Waals surface area contributed by atoms with Crippen molar-refractivity contribution in [3.63, 3.8) is 0 Å². The zero-order chi connectivity index (χ0) is 14.2. The van der Waals surface area contributed by atoms with Crippen molar-refractivity contribution >= 4 is 29.9 Å². The van der Waals surface area contributed by atoms with Gasteiger partial charge in [0.05, 0.1) is 12.7 Å². The fourth-order valence-corrected chi connectivity index (χ4v) is 1.92. The number of aromatic nitrogens is 3. The van der Waals surface area contributed by atoms with Crippen LogP contribution in [0.25, 0.3) is 0 Å². The van der Waals surface area contributed by atoms with Crippen LogP contribution < -0.4 is 10.6 Å². The SMILES string of the molecule is CN=C(NCCn1cccc1)NCCn1cc(C)cn1.I. The molecule has 0 aliphatic rings. The van der Waals surface area contributed by atoms with Gasteiger partial charge in [-0.3, -0.25) is 9.67 Å². The Kier molecular flexibility index (Phi) is 7.88. The molecule has 116 valence electrons. The molecule has 0 aliphatic heterocycles. The second-order valence-corrected chi connectivity index (χ2v) is 4.63. The van der Waals surface area contributed by atoms with Crippen LogP contribution in [0.2, 0.25) is 0 Å². The molecule has 21 heavy (non-hydrogen) atoms. The van der Waals surface area contributed by atoms with Gasteiger partial charge in [0, 0.05) is 45.3 Å². The predicted molar refractivity (Wildman–Crippen MR) is 96.2 cm³/mol. The Bertz CT molecular complexity index is 531. The van der Waals surface area contributed by atoms with E-state index < -0.39 is 0 Å². The van der Waals surface area contributed by atoms with E-state index in [1.165, 1.54) is 5.56 Å². The summed E-state index contributed by atoms with van der Waals surface area (Å²) in [7, 11) is 1.78. The smallest absolute Gasteiger partial charge is 0.191 e. The van der Waals surface area contributed by atoms with Gasteiger partial charge in [0.15, 0.2) is 5.96 Å². The molecule has 2 aromatic heterocycles. The highest BCUT2D eigenvalue weighted by atomic mass is 127. The van der Waals surface area contributed by atoms with E-state index in [0.29, 0.717) is 0 Å². The molecule has 0 radical (unpaired) electrons. The van der Waals surface area contributed by atoms with Gasteiger partial charge in [-0.25, -0.2) is 0 Å². The number of hydrogen-bond acceptors (Lipinski definition) is 2. The summed E-state index contributed by atoms with van der Waals surface area (Å²) in [6.07, 6.45) is 8.00. The number of nitrogens with zero attached hydrogens (tertiary/aromatic N) is 4. The largest absolute Gasteiger partial charge is 0.355 e. The Hall–Kier alpha value is -1.51. The van der Waals surface area contributed by atoms with Crippen LogP contribution in [-0.4, -0.2) is 40.4 Å². The lowest BCUT2D eigenvalue weighted by molar-refractivity contribution is 0.593. The molecule has 2 N–H and O–H groups in total. The minimum atomic E-state index is 0. The van der Waals surface area contributed by atoms with Gasteiger partial charge in [0.1, 0.15) is 0 Å². The molecule has 0 spiro atoms. The van der Waals surface area contributed by atoms with Crippen molar-refractivity contribution in [1.82, 2.24) is 25.0 Å². The normalized spacial score (nSPS) is 11.0. The molecule has 0 saturated carbocycles. The lowest BCUT2D eigenvalue weighted by atomic mass is 10.4. The maximum Gasteiger partial charge on any atom is 0.191 e. The second kappa shape index (κ2) is 9.43. The second-order valence-electron chi connectivity index (χ2n) is 4.63. The third kappa shape index (κ3) is 6.19. The van der Waals surface area contributed by atoms with Gasteiger partial charge in [-0.2, -0.15) is 5.10 Å². The highest BCUT2D eigenvalue weighted by molar-refractivity contribution is 14.0. The minimum Gasteiger partial charge on any atom is -0.355 e. The molecule has 2 rings (SSSR count). The Morgan fingerprint density at radius 2 is 1.86 bits per heavy atom. The van der Waals surface area contributed by atoms with Gasteiger partial charge in [-0.15, -0.1) is 24.0 Å². The Morgan fingerprint density at radius 1 is 1.19 bits per heavy atom. The van der Waals surface area contributed by atoms with Gasteiger partial charge in [-0.1, -0.05) is 0 Å². The van der Waals surface area contributed by atoms with Crippen LogP contribution in [-0.2, 0) is 13.1 Å². The van der Waals surface area contributed by atoms with E-state index in [4.69, 9.17) is 0 Å². The average Bonchev–Trinajstić information content (AvgIpc) is 3.09. The summed E-state index contributed by atoms with van der Waals surface area (Å²) < 4.78 is 4.06. The number of guanidine groups is 1. The molecule has 0 atom stereocenters. The van der Waals surface area contributed by atoms with E-state index in [1.807, 2.05) is 36.1 Å². The topological polar surface area (TPSA) is 59.2 Å². The highest BCUT2D eigenvalue weighted by Crippen LogP contribution is 1.92. The van der Waals surface area contributed by atoms with Crippen molar-refractivity contribution in [2.24, 2.45) is 4.99 Å². The van der Waals surface area contributed by atoms with E-state index in [0.717, 1.165) is 32.1 Å². The highest BCUT2D eigenvalue weighted by Gasteiger charge is 1.98. The quantitative estimate of drug-likeness (QED) is 0.437. The van der Waals surface area contributed by atoms with Gasteiger partial charge in [0.25, 0.3) is 0 Å². The maximum absolute atomic E-state index is 4.25. The molecule has 2 heterocycles. The number of aliphatic imine (C=N–C) groups is 1. The van der Waals surface area contributed by atoms with Crippen LogP contribution in [0.3, 0.4) is 0 Å². The first-order valence-corrected chi connectivity index (χ1v) is 6.82. The Balaban J connectivity index is 0.00000220. The Morgan fingerprint density at radius 3 is 2.43 bits per heavy atom. The standard InChI is InChI=1S/C14H22N6.HI/c1-13-11-18-20(12-13)10-6-17-14(15-2)16-5-9-19-7-3-4-8-19;/h3-4,7-8,11-12H,5-6,9-10H2,1-2H3,(H2,15,16,17);1H. The predicted octanol–water partition coefficient (Wildman–Crippen LogP) is 1.48. The maximum atomic E-state index is 4.25. The lowest BCUT2D eigenvalue weighted by Gasteiger charge is -2.12. The van der Waals surface area contributed by atoms with Crippen molar-refractivity contribution in [2.45, 2.75) is 20.0 Å². The van der Waals surface area contributed by atoms with Crippen molar-refractivity contribution < 1.29 is 0 Å². The molecule has 0 fully saturated rings. The molecule has 0 aliphatic carbocycles. The summed E-state index contributed by atoms with van der Waals surface area (Å²) in [5, 5.41) is 10.8. The summed E-state index contributed by atoms with van der Waals surface area (Å²) >= 11 is 0. The summed E-state index contributed by atoms with van der Waals surface area (Å²) in [4.78, 5) is 4.20. The van der Waals surface area contributed by atoms with E-state index >= 15 is 0 Å². The first-order chi connectivity index (χ1) is 9.78. The third-order valence-corrected chi connectivity index (χ3v) is 2.95. The number of halogens is 1. The summed E-state index contributed by atoms with van der Waals surface area (Å²) in [5.74, 6) is 0.820. The van der Waals surface area contributed by atoms with E-state index in [2.05, 4.69) is 37.7 Å². The fraction of sp³-hybridized carbons (Fsp3) is 0.429. The van der Waals surface area contributed by atoms with Crippen LogP contribution in [0.5, 0.6) is 0 Å². The van der Waals surface area contributed by atoms with Gasteiger partial charge < -0.3 is 15.2 Å². The van der Waals surface area contributed by atoms with Crippen LogP contribution in [0.4, 0.5) is 0 Å². The summed E-state index contributed by atoms with van der Waals surface area (Å²) in [6, 6.07) is 4.05. The van der Waals surface area contributed by atoms with Crippen LogP contribution in [0.15, 0.2) is 41.9 Å². The summed E-state index contributed by atoms with van der Waals surface area (Å²) in [5.41, 5.74) is 1.18. The zero-order valence-electron chi connectivity index (χ0n) is 12.5. The first-order valence-electron chi connectivity index (χ1n) is 6.82. The fourth-order valence-electron chi connectivity index (χ4n) is 1.92. The number of hydrogen-bond donors (Lipinski definition) is 2. The van der Waals surface area contributed by atoms with Crippen LogP contribution in [0, 0.1) is 6.92 Å². The number of rotatable bonds is 6. The lowest BCUT2D eigenvalue weighted by Crippen LogP contribution is -2.40. The van der Waals surface area contributed by atoms with Gasteiger partial charge >= 0.3 is 0 Å². The molecular formula is C14H23IN6. The molecular weight excluding hydrogens is 379 g/mol. The van der Waals surface area contributed by atoms with E-state index in [9.17, 15) is 0 Å². The molecule has 0 bridgehead atoms. The van der Waals surface area contributed by atoms with Crippen molar-refractivity contribution in [3.8, 4) is 0 Å². The minimum absolute atomic E-state index is 0. The van der Waals surface area contributed by atoms with Crippen LogP contribution >= 0.6 is 24.0 Å². The van der Waals surface area contributed by atoms with Crippen molar-refractivity contribution in [2.75, 3.05) is 20.1 Å². The molecule has 6 nitrogen and oxygen atoms in total. The summed E-state index contributed by atoms with van der Waals surface area (Å²) in [6.45, 7) is 5.43. The molecule has 0 saturated heterocycles. The molecule has 0 amide bonds. The third-order valence-electron chi connectivity index (χ3n) is 2.95. The van der Waals surface area contributed by atoms with E-state index in [1.54, 1.807) is 7.05 Å². The van der Waals surface area contributed by atoms with Gasteiger partial charge in [0.2, 0.25) is 0 Å². The Labute approximate surface area is 142 Å². The molecule has 0 aromatic carbocycles. The molecule has 7 heteroatoms. The molecule has 0 unspecified atom stereocenters.